The van der Waals surface area contributed by atoms with Gasteiger partial charge in [0.2, 0.25) is 0 Å². The summed E-state index contributed by atoms with van der Waals surface area (Å²) in [5.41, 5.74) is 3.65. The molecule has 0 saturated heterocycles. The van der Waals surface area contributed by atoms with Gasteiger partial charge in [-0.05, 0) is 35.6 Å². The molecule has 22 heavy (non-hydrogen) atoms. The van der Waals surface area contributed by atoms with Crippen molar-refractivity contribution in [1.82, 2.24) is 10.3 Å². The van der Waals surface area contributed by atoms with Crippen LogP contribution in [-0.2, 0) is 6.42 Å². The quantitative estimate of drug-likeness (QED) is 0.634. The average molecular weight is 289 g/mol. The van der Waals surface area contributed by atoms with Gasteiger partial charge in [-0.2, -0.15) is 0 Å². The molecule has 0 bridgehead atoms. The van der Waals surface area contributed by atoms with E-state index in [1.54, 1.807) is 0 Å². The summed E-state index contributed by atoms with van der Waals surface area (Å²) < 4.78 is 0. The molecule has 0 unspecified atom stereocenters. The van der Waals surface area contributed by atoms with Crippen molar-refractivity contribution in [2.75, 3.05) is 11.9 Å². The predicted octanol–water partition coefficient (Wildman–Crippen LogP) is 2.33. The SMILES string of the molecule is [B]c1ccc(CCNC(=O)Nc2ccc3cc[nH]c3c2)cc1. The first-order valence-electron chi connectivity index (χ1n) is 7.17. The molecule has 2 radical (unpaired) electrons. The second kappa shape index (κ2) is 6.39. The second-order valence-corrected chi connectivity index (χ2v) is 5.15. The molecule has 0 aliphatic carbocycles. The van der Waals surface area contributed by atoms with E-state index in [2.05, 4.69) is 15.6 Å². The third kappa shape index (κ3) is 3.49. The fraction of sp³-hybridized carbons (Fsp3) is 0.118. The zero-order valence-corrected chi connectivity index (χ0v) is 12.1. The van der Waals surface area contributed by atoms with E-state index in [4.69, 9.17) is 7.85 Å². The summed E-state index contributed by atoms with van der Waals surface area (Å²) in [7, 11) is 5.64. The van der Waals surface area contributed by atoms with Crippen LogP contribution in [0.4, 0.5) is 10.5 Å². The number of fused-ring (bicyclic) bond motifs is 1. The van der Waals surface area contributed by atoms with Crippen molar-refractivity contribution in [3.05, 3.63) is 60.3 Å². The van der Waals surface area contributed by atoms with Gasteiger partial charge in [0.1, 0.15) is 7.85 Å². The van der Waals surface area contributed by atoms with Gasteiger partial charge in [-0.25, -0.2) is 4.79 Å². The first-order chi connectivity index (χ1) is 10.7. The van der Waals surface area contributed by atoms with Crippen LogP contribution in [0.1, 0.15) is 5.56 Å². The molecule has 4 nitrogen and oxygen atoms in total. The van der Waals surface area contributed by atoms with Gasteiger partial charge in [0.05, 0.1) is 0 Å². The Bertz CT molecular complexity index is 780. The number of carbonyl (C=O) groups is 1. The van der Waals surface area contributed by atoms with Crippen LogP contribution in [0.3, 0.4) is 0 Å². The van der Waals surface area contributed by atoms with Gasteiger partial charge in [0, 0.05) is 23.9 Å². The summed E-state index contributed by atoms with van der Waals surface area (Å²) in [5, 5.41) is 6.79. The highest BCUT2D eigenvalue weighted by atomic mass is 16.2. The molecule has 0 aliphatic heterocycles. The number of nitrogens with one attached hydrogen (secondary N) is 3. The van der Waals surface area contributed by atoms with E-state index in [0.717, 1.165) is 34.0 Å². The van der Waals surface area contributed by atoms with Gasteiger partial charge in [-0.1, -0.05) is 35.8 Å². The van der Waals surface area contributed by atoms with Crippen LogP contribution in [0, 0.1) is 0 Å². The van der Waals surface area contributed by atoms with Gasteiger partial charge in [0.25, 0.3) is 0 Å². The van der Waals surface area contributed by atoms with E-state index in [-0.39, 0.29) is 6.03 Å². The Balaban J connectivity index is 1.50. The topological polar surface area (TPSA) is 56.9 Å². The zero-order valence-electron chi connectivity index (χ0n) is 12.1. The van der Waals surface area contributed by atoms with Crippen molar-refractivity contribution >= 4 is 35.9 Å². The largest absolute Gasteiger partial charge is 0.361 e. The number of H-pyrrole nitrogens is 1. The van der Waals surface area contributed by atoms with Gasteiger partial charge < -0.3 is 15.6 Å². The lowest BCUT2D eigenvalue weighted by molar-refractivity contribution is 0.252. The van der Waals surface area contributed by atoms with Crippen LogP contribution in [0.25, 0.3) is 10.9 Å². The Labute approximate surface area is 130 Å². The summed E-state index contributed by atoms with van der Waals surface area (Å²) >= 11 is 0. The molecule has 0 atom stereocenters. The Morgan fingerprint density at radius 2 is 1.91 bits per heavy atom. The van der Waals surface area contributed by atoms with Crippen LogP contribution in [0.15, 0.2) is 54.7 Å². The van der Waals surface area contributed by atoms with E-state index in [9.17, 15) is 4.79 Å². The van der Waals surface area contributed by atoms with E-state index in [1.165, 1.54) is 0 Å². The Kier molecular flexibility index (Phi) is 4.14. The summed E-state index contributed by atoms with van der Waals surface area (Å²) in [5.74, 6) is 0. The third-order valence-electron chi connectivity index (χ3n) is 3.49. The number of benzene rings is 2. The number of urea groups is 1. The first kappa shape index (κ1) is 14.3. The number of aromatic nitrogens is 1. The van der Waals surface area contributed by atoms with Gasteiger partial charge in [-0.15, -0.1) is 0 Å². The maximum absolute atomic E-state index is 11.9. The number of aromatic amines is 1. The van der Waals surface area contributed by atoms with Crippen molar-refractivity contribution < 1.29 is 4.79 Å². The summed E-state index contributed by atoms with van der Waals surface area (Å²) in [4.78, 5) is 15.0. The molecule has 3 rings (SSSR count). The fourth-order valence-electron chi connectivity index (χ4n) is 2.31. The lowest BCUT2D eigenvalue weighted by Gasteiger charge is -2.08. The molecule has 5 heteroatoms. The highest BCUT2D eigenvalue weighted by Gasteiger charge is 2.03. The molecule has 2 amide bonds. The third-order valence-corrected chi connectivity index (χ3v) is 3.49. The molecule has 0 saturated carbocycles. The van der Waals surface area contributed by atoms with E-state index >= 15 is 0 Å². The van der Waals surface area contributed by atoms with E-state index in [1.807, 2.05) is 54.7 Å². The molecule has 1 aromatic heterocycles. The molecular weight excluding hydrogens is 273 g/mol. The number of carbonyl (C=O) groups excluding carboxylic acids is 1. The molecule has 108 valence electrons. The van der Waals surface area contributed by atoms with Gasteiger partial charge in [0.15, 0.2) is 0 Å². The summed E-state index contributed by atoms with van der Waals surface area (Å²) in [6, 6.07) is 15.2. The normalized spacial score (nSPS) is 10.5. The molecule has 3 aromatic rings. The number of hydrogen-bond acceptors (Lipinski definition) is 1. The van der Waals surface area contributed by atoms with Crippen molar-refractivity contribution in [3.8, 4) is 0 Å². The highest BCUT2D eigenvalue weighted by Crippen LogP contribution is 2.17. The first-order valence-corrected chi connectivity index (χ1v) is 7.17. The second-order valence-electron chi connectivity index (χ2n) is 5.15. The lowest BCUT2D eigenvalue weighted by atomic mass is 9.95. The minimum Gasteiger partial charge on any atom is -0.361 e. The number of hydrogen-bond donors (Lipinski definition) is 3. The highest BCUT2D eigenvalue weighted by molar-refractivity contribution is 6.32. The van der Waals surface area contributed by atoms with Crippen LogP contribution < -0.4 is 16.1 Å². The maximum atomic E-state index is 11.9. The monoisotopic (exact) mass is 289 g/mol. The standard InChI is InChI=1S/C17H16BN3O/c18-14-4-1-12(2-5-14)7-9-20-17(22)21-15-6-3-13-8-10-19-16(13)11-15/h1-6,8,10-11,19H,7,9H2,(H2,20,21,22). The van der Waals surface area contributed by atoms with Crippen molar-refractivity contribution in [3.63, 3.8) is 0 Å². The number of rotatable bonds is 4. The van der Waals surface area contributed by atoms with E-state index in [0.29, 0.717) is 6.54 Å². The molecule has 0 fully saturated rings. The minimum atomic E-state index is -0.207. The van der Waals surface area contributed by atoms with Gasteiger partial charge >= 0.3 is 6.03 Å². The Hall–Kier alpha value is -2.69. The average Bonchev–Trinajstić information content (AvgIpc) is 2.97. The fourth-order valence-corrected chi connectivity index (χ4v) is 2.31. The number of amides is 2. The smallest absolute Gasteiger partial charge is 0.319 e. The molecule has 0 aliphatic rings. The molecule has 3 N–H and O–H groups in total. The van der Waals surface area contributed by atoms with Crippen molar-refractivity contribution in [2.24, 2.45) is 0 Å². The minimum absolute atomic E-state index is 0.207. The molecular formula is C17H16BN3O. The van der Waals surface area contributed by atoms with Crippen LogP contribution in [0.5, 0.6) is 0 Å². The van der Waals surface area contributed by atoms with Crippen molar-refractivity contribution in [1.29, 1.82) is 0 Å². The van der Waals surface area contributed by atoms with Crippen LogP contribution >= 0.6 is 0 Å². The van der Waals surface area contributed by atoms with Gasteiger partial charge in [-0.3, -0.25) is 0 Å². The molecule has 2 aromatic carbocycles. The summed E-state index contributed by atoms with van der Waals surface area (Å²) in [6.07, 6.45) is 2.64. The summed E-state index contributed by atoms with van der Waals surface area (Å²) in [6.45, 7) is 0.570. The maximum Gasteiger partial charge on any atom is 0.319 e. The zero-order chi connectivity index (χ0) is 15.4. The van der Waals surface area contributed by atoms with E-state index < -0.39 is 0 Å². The number of anilines is 1. The lowest BCUT2D eigenvalue weighted by Crippen LogP contribution is -2.30. The van der Waals surface area contributed by atoms with Crippen LogP contribution in [0.2, 0.25) is 0 Å². The van der Waals surface area contributed by atoms with Crippen molar-refractivity contribution in [2.45, 2.75) is 6.42 Å². The van der Waals surface area contributed by atoms with Crippen LogP contribution in [-0.4, -0.2) is 25.4 Å². The molecule has 1 heterocycles. The Morgan fingerprint density at radius 3 is 2.73 bits per heavy atom. The Morgan fingerprint density at radius 1 is 1.09 bits per heavy atom. The predicted molar refractivity (Wildman–Crippen MR) is 90.9 cm³/mol. The molecule has 0 spiro atoms.